The second-order valence-corrected chi connectivity index (χ2v) is 12.9. The normalized spacial score (nSPS) is 23.1. The van der Waals surface area contributed by atoms with Crippen LogP contribution in [-0.4, -0.2) is 0 Å². The van der Waals surface area contributed by atoms with Gasteiger partial charge in [0.05, 0.1) is 0 Å². The largest absolute Gasteiger partial charge is 0.486 e. The van der Waals surface area contributed by atoms with Crippen LogP contribution in [-0.2, 0) is 6.61 Å². The molecule has 0 spiro atoms. The number of benzene rings is 2. The van der Waals surface area contributed by atoms with Gasteiger partial charge in [-0.15, -0.1) is 0 Å². The molecule has 2 aliphatic carbocycles. The Morgan fingerprint density at radius 2 is 1.41 bits per heavy atom. The molecule has 0 radical (unpaired) electrons. The second kappa shape index (κ2) is 14.5. The molecule has 0 saturated heterocycles. The van der Waals surface area contributed by atoms with Crippen molar-refractivity contribution in [3.63, 3.8) is 0 Å². The Kier molecular flexibility index (Phi) is 10.6. The van der Waals surface area contributed by atoms with E-state index in [1.165, 1.54) is 89.0 Å². The molecule has 2 aromatic carbocycles. The molecule has 2 aliphatic rings. The number of fused-ring (bicyclic) bond motifs is 1. The Balaban J connectivity index is 1.17. The van der Waals surface area contributed by atoms with E-state index in [1.807, 2.05) is 6.07 Å². The maximum atomic E-state index is 15.4. The van der Waals surface area contributed by atoms with Crippen molar-refractivity contribution in [1.82, 2.24) is 0 Å². The maximum absolute atomic E-state index is 15.4. The van der Waals surface area contributed by atoms with E-state index in [-0.39, 0.29) is 23.7 Å². The third kappa shape index (κ3) is 7.62. The van der Waals surface area contributed by atoms with Crippen LogP contribution in [0.4, 0.5) is 4.39 Å². The molecule has 0 amide bonds. The van der Waals surface area contributed by atoms with Crippen LogP contribution < -0.4 is 10.4 Å². The van der Waals surface area contributed by atoms with Crippen molar-refractivity contribution in [2.75, 3.05) is 0 Å². The number of hydrogen-bond donors (Lipinski definition) is 0. The van der Waals surface area contributed by atoms with E-state index in [4.69, 9.17) is 9.15 Å². The highest BCUT2D eigenvalue weighted by molar-refractivity contribution is 5.83. The smallest absolute Gasteiger partial charge is 0.346 e. The average molecular weight is 561 g/mol. The van der Waals surface area contributed by atoms with Crippen molar-refractivity contribution in [2.45, 2.75) is 129 Å². The molecule has 0 aliphatic heterocycles. The van der Waals surface area contributed by atoms with E-state index >= 15 is 4.39 Å². The second-order valence-electron chi connectivity index (χ2n) is 12.9. The lowest BCUT2D eigenvalue weighted by atomic mass is 9.77. The van der Waals surface area contributed by atoms with Crippen LogP contribution in [0.25, 0.3) is 10.8 Å². The zero-order valence-electron chi connectivity index (χ0n) is 25.3. The molecule has 41 heavy (non-hydrogen) atoms. The van der Waals surface area contributed by atoms with E-state index in [0.29, 0.717) is 17.1 Å². The Hall–Kier alpha value is -2.62. The summed E-state index contributed by atoms with van der Waals surface area (Å²) in [6, 6.07) is 13.9. The predicted octanol–water partition coefficient (Wildman–Crippen LogP) is 10.8. The standard InChI is InChI=1S/C37H49FO3/c1-3-5-7-9-27-10-16-29(17-11-27)30-18-14-28(15-19-30)25-40-33-23-22-32-24-34(41-37(39)35(32)36(33)38)31-20-12-26(13-21-31)8-6-4-2/h14-15,18-19,22-24,26-27,29,31H,3-13,16-17,20-21,25H2,1-2H3. The zero-order chi connectivity index (χ0) is 28.6. The van der Waals surface area contributed by atoms with Crippen molar-refractivity contribution in [3.05, 3.63) is 75.6 Å². The molecule has 0 bridgehead atoms. The average Bonchev–Trinajstić information content (AvgIpc) is 3.00. The lowest BCUT2D eigenvalue weighted by Gasteiger charge is -2.29. The van der Waals surface area contributed by atoms with Crippen LogP contribution >= 0.6 is 0 Å². The Morgan fingerprint density at radius 1 is 0.780 bits per heavy atom. The Morgan fingerprint density at radius 3 is 2.07 bits per heavy atom. The molecular formula is C37H49FO3. The molecule has 2 fully saturated rings. The number of unbranched alkanes of at least 4 members (excludes halogenated alkanes) is 3. The van der Waals surface area contributed by atoms with Gasteiger partial charge in [0.2, 0.25) is 0 Å². The fourth-order valence-electron chi connectivity index (χ4n) is 7.30. The van der Waals surface area contributed by atoms with Crippen molar-refractivity contribution in [3.8, 4) is 5.75 Å². The highest BCUT2D eigenvalue weighted by Crippen LogP contribution is 2.39. The van der Waals surface area contributed by atoms with Crippen molar-refractivity contribution in [1.29, 1.82) is 0 Å². The number of hydrogen-bond acceptors (Lipinski definition) is 3. The maximum Gasteiger partial charge on any atom is 0.346 e. The van der Waals surface area contributed by atoms with Gasteiger partial charge in [0.25, 0.3) is 0 Å². The van der Waals surface area contributed by atoms with Gasteiger partial charge in [-0.1, -0.05) is 89.1 Å². The molecule has 0 unspecified atom stereocenters. The summed E-state index contributed by atoms with van der Waals surface area (Å²) in [4.78, 5) is 12.9. The SMILES string of the molecule is CCCCCC1CCC(c2ccc(COc3ccc4cc(C5CCC(CCCC)CC5)oc(=O)c4c3F)cc2)CC1. The Labute approximate surface area is 245 Å². The first kappa shape index (κ1) is 29.9. The fourth-order valence-corrected chi connectivity index (χ4v) is 7.30. The molecule has 3 aromatic rings. The highest BCUT2D eigenvalue weighted by atomic mass is 19.1. The van der Waals surface area contributed by atoms with Crippen molar-refractivity contribution >= 4 is 10.8 Å². The third-order valence-corrected chi connectivity index (χ3v) is 9.97. The topological polar surface area (TPSA) is 39.4 Å². The molecule has 3 nitrogen and oxygen atoms in total. The molecule has 1 aromatic heterocycles. The molecule has 4 heteroatoms. The van der Waals surface area contributed by atoms with Crippen LogP contribution in [0, 0.1) is 17.7 Å². The molecule has 0 N–H and O–H groups in total. The third-order valence-electron chi connectivity index (χ3n) is 9.97. The first-order chi connectivity index (χ1) is 20.1. The van der Waals surface area contributed by atoms with Crippen LogP contribution in [0.5, 0.6) is 5.75 Å². The summed E-state index contributed by atoms with van der Waals surface area (Å²) in [7, 11) is 0. The summed E-state index contributed by atoms with van der Waals surface area (Å²) in [5.41, 5.74) is 1.80. The van der Waals surface area contributed by atoms with Crippen LogP contribution in [0.2, 0.25) is 0 Å². The summed E-state index contributed by atoms with van der Waals surface area (Å²) in [5, 5.41) is 0.585. The van der Waals surface area contributed by atoms with E-state index in [2.05, 4.69) is 38.1 Å². The van der Waals surface area contributed by atoms with Gasteiger partial charge in [-0.05, 0) is 97.8 Å². The number of rotatable bonds is 12. The molecule has 2 saturated carbocycles. The lowest BCUT2D eigenvalue weighted by Crippen LogP contribution is -2.15. The van der Waals surface area contributed by atoms with Crippen molar-refractivity contribution < 1.29 is 13.5 Å². The lowest BCUT2D eigenvalue weighted by molar-refractivity contribution is 0.276. The van der Waals surface area contributed by atoms with Gasteiger partial charge in [-0.25, -0.2) is 9.18 Å². The molecule has 222 valence electrons. The van der Waals surface area contributed by atoms with E-state index in [1.54, 1.807) is 12.1 Å². The van der Waals surface area contributed by atoms with Crippen LogP contribution in [0.3, 0.4) is 0 Å². The van der Waals surface area contributed by atoms with Gasteiger partial charge >= 0.3 is 5.63 Å². The first-order valence-corrected chi connectivity index (χ1v) is 16.5. The minimum absolute atomic E-state index is 0.0106. The quantitative estimate of drug-likeness (QED) is 0.207. The fraction of sp³-hybridized carbons (Fsp3) is 0.595. The minimum Gasteiger partial charge on any atom is -0.486 e. The van der Waals surface area contributed by atoms with Crippen molar-refractivity contribution in [2.24, 2.45) is 11.8 Å². The summed E-state index contributed by atoms with van der Waals surface area (Å²) in [5.74, 6) is 2.75. The predicted molar refractivity (Wildman–Crippen MR) is 166 cm³/mol. The van der Waals surface area contributed by atoms with Crippen LogP contribution in [0.1, 0.15) is 139 Å². The zero-order valence-corrected chi connectivity index (χ0v) is 25.3. The summed E-state index contributed by atoms with van der Waals surface area (Å²) in [6.07, 6.45) is 18.9. The van der Waals surface area contributed by atoms with Crippen LogP contribution in [0.15, 0.2) is 51.7 Å². The van der Waals surface area contributed by atoms with Gasteiger partial charge in [0, 0.05) is 5.92 Å². The van der Waals surface area contributed by atoms with E-state index in [9.17, 15) is 4.79 Å². The molecule has 0 atom stereocenters. The molecular weight excluding hydrogens is 511 g/mol. The van der Waals surface area contributed by atoms with Gasteiger partial charge < -0.3 is 9.15 Å². The number of ether oxygens (including phenoxy) is 1. The summed E-state index contributed by atoms with van der Waals surface area (Å²) < 4.78 is 27.0. The van der Waals surface area contributed by atoms with Gasteiger partial charge in [0.1, 0.15) is 17.8 Å². The summed E-state index contributed by atoms with van der Waals surface area (Å²) in [6.45, 7) is 4.78. The Bertz CT molecular complexity index is 1290. The van der Waals surface area contributed by atoms with Gasteiger partial charge in [-0.3, -0.25) is 0 Å². The van der Waals surface area contributed by atoms with E-state index < -0.39 is 11.4 Å². The monoisotopic (exact) mass is 560 g/mol. The number of halogens is 1. The minimum atomic E-state index is -0.626. The summed E-state index contributed by atoms with van der Waals surface area (Å²) >= 11 is 0. The van der Waals surface area contributed by atoms with Gasteiger partial charge in [0.15, 0.2) is 11.6 Å². The highest BCUT2D eigenvalue weighted by Gasteiger charge is 2.26. The molecule has 1 heterocycles. The van der Waals surface area contributed by atoms with Gasteiger partial charge in [-0.2, -0.15) is 0 Å². The molecule has 5 rings (SSSR count). The van der Waals surface area contributed by atoms with E-state index in [0.717, 1.165) is 30.2 Å². The first-order valence-electron chi connectivity index (χ1n) is 16.5.